The van der Waals surface area contributed by atoms with Crippen LogP contribution in [0.25, 0.3) is 0 Å². The molecule has 1 fully saturated rings. The van der Waals surface area contributed by atoms with Crippen LogP contribution >= 0.6 is 15.9 Å². The Morgan fingerprint density at radius 2 is 2.05 bits per heavy atom. The van der Waals surface area contributed by atoms with E-state index < -0.39 is 5.92 Å². The normalized spacial score (nSPS) is 21.3. The molecule has 4 heteroatoms. The van der Waals surface area contributed by atoms with Crippen molar-refractivity contribution in [3.05, 3.63) is 64.4 Å². The van der Waals surface area contributed by atoms with Gasteiger partial charge in [0.15, 0.2) is 5.78 Å². The summed E-state index contributed by atoms with van der Waals surface area (Å²) in [6.45, 7) is 0. The molecule has 0 amide bonds. The maximum absolute atomic E-state index is 12.5. The van der Waals surface area contributed by atoms with Gasteiger partial charge in [-0.25, -0.2) is 0 Å². The number of ketones is 1. The molecule has 1 aliphatic carbocycles. The first-order chi connectivity index (χ1) is 10.2. The molecule has 0 radical (unpaired) electrons. The SMILES string of the molecule is N#C[C@H](C(=O)[C@@H]1C[C@H]1c1ccc(Br)cc1)c1ccccn1. The van der Waals surface area contributed by atoms with E-state index in [1.807, 2.05) is 24.3 Å². The molecular formula is C17H13BrN2O. The van der Waals surface area contributed by atoms with Crippen LogP contribution in [0.4, 0.5) is 0 Å². The minimum Gasteiger partial charge on any atom is -0.297 e. The van der Waals surface area contributed by atoms with Crippen LogP contribution in [-0.2, 0) is 4.79 Å². The number of nitrogens with zero attached hydrogens (tertiary/aromatic N) is 2. The van der Waals surface area contributed by atoms with Crippen molar-refractivity contribution in [3.63, 3.8) is 0 Å². The summed E-state index contributed by atoms with van der Waals surface area (Å²) in [6.07, 6.45) is 2.44. The van der Waals surface area contributed by atoms with Gasteiger partial charge in [-0.3, -0.25) is 9.78 Å². The zero-order valence-corrected chi connectivity index (χ0v) is 12.8. The van der Waals surface area contributed by atoms with Crippen LogP contribution < -0.4 is 0 Å². The Morgan fingerprint density at radius 1 is 1.29 bits per heavy atom. The quantitative estimate of drug-likeness (QED) is 0.849. The van der Waals surface area contributed by atoms with E-state index in [0.717, 1.165) is 16.5 Å². The summed E-state index contributed by atoms with van der Waals surface area (Å²) >= 11 is 3.41. The highest BCUT2D eigenvalue weighted by molar-refractivity contribution is 9.10. The lowest BCUT2D eigenvalue weighted by Gasteiger charge is -2.07. The first-order valence-electron chi connectivity index (χ1n) is 6.80. The molecule has 0 unspecified atom stereocenters. The monoisotopic (exact) mass is 340 g/mol. The van der Waals surface area contributed by atoms with Crippen molar-refractivity contribution in [1.82, 2.24) is 4.98 Å². The number of benzene rings is 1. The molecule has 1 aliphatic rings. The molecule has 2 aromatic rings. The minimum absolute atomic E-state index is 0.0101. The topological polar surface area (TPSA) is 53.8 Å². The van der Waals surface area contributed by atoms with E-state index in [2.05, 4.69) is 27.0 Å². The molecule has 21 heavy (non-hydrogen) atoms. The van der Waals surface area contributed by atoms with Gasteiger partial charge in [0, 0.05) is 16.6 Å². The molecule has 0 spiro atoms. The molecule has 1 heterocycles. The van der Waals surface area contributed by atoms with Gasteiger partial charge in [-0.05, 0) is 42.2 Å². The van der Waals surface area contributed by atoms with Gasteiger partial charge in [-0.2, -0.15) is 5.26 Å². The van der Waals surface area contributed by atoms with Crippen LogP contribution in [0.3, 0.4) is 0 Å². The third kappa shape index (κ3) is 2.88. The first kappa shape index (κ1) is 14.0. The predicted octanol–water partition coefficient (Wildman–Crippen LogP) is 3.82. The number of pyridine rings is 1. The molecule has 0 N–H and O–H groups in total. The fraction of sp³-hybridized carbons (Fsp3) is 0.235. The average Bonchev–Trinajstić information content (AvgIpc) is 3.30. The summed E-state index contributed by atoms with van der Waals surface area (Å²) in [5.74, 6) is -0.580. The Labute approximate surface area is 131 Å². The van der Waals surface area contributed by atoms with E-state index in [1.54, 1.807) is 24.4 Å². The largest absolute Gasteiger partial charge is 0.297 e. The maximum atomic E-state index is 12.5. The highest BCUT2D eigenvalue weighted by Crippen LogP contribution is 2.50. The zero-order valence-electron chi connectivity index (χ0n) is 11.2. The van der Waals surface area contributed by atoms with Crippen LogP contribution in [0.15, 0.2) is 53.1 Å². The van der Waals surface area contributed by atoms with E-state index in [-0.39, 0.29) is 17.6 Å². The standard InChI is InChI=1S/C17H13BrN2O/c18-12-6-4-11(5-7-12)13-9-14(13)17(21)15(10-19)16-3-1-2-8-20-16/h1-8,13-15H,9H2/t13-,14+,15-/m0/s1. The molecule has 3 nitrogen and oxygen atoms in total. The smallest absolute Gasteiger partial charge is 0.159 e. The molecule has 0 saturated heterocycles. The Bertz CT molecular complexity index is 691. The maximum Gasteiger partial charge on any atom is 0.159 e. The molecule has 3 rings (SSSR count). The summed E-state index contributed by atoms with van der Waals surface area (Å²) in [6, 6.07) is 15.5. The first-order valence-corrected chi connectivity index (χ1v) is 7.59. The van der Waals surface area contributed by atoms with Crippen molar-refractivity contribution >= 4 is 21.7 Å². The lowest BCUT2D eigenvalue weighted by Crippen LogP contribution is -2.14. The Balaban J connectivity index is 1.75. The van der Waals surface area contributed by atoms with Gasteiger partial charge in [0.05, 0.1) is 11.8 Å². The fourth-order valence-electron chi connectivity index (χ4n) is 2.62. The van der Waals surface area contributed by atoms with Gasteiger partial charge >= 0.3 is 0 Å². The number of nitriles is 1. The van der Waals surface area contributed by atoms with Gasteiger partial charge in [0.2, 0.25) is 0 Å². The summed E-state index contributed by atoms with van der Waals surface area (Å²) in [5.41, 5.74) is 1.71. The van der Waals surface area contributed by atoms with E-state index in [4.69, 9.17) is 0 Å². The number of hydrogen-bond donors (Lipinski definition) is 0. The van der Waals surface area contributed by atoms with Crippen molar-refractivity contribution < 1.29 is 4.79 Å². The van der Waals surface area contributed by atoms with E-state index in [0.29, 0.717) is 5.69 Å². The molecule has 3 atom stereocenters. The number of hydrogen-bond acceptors (Lipinski definition) is 3. The lowest BCUT2D eigenvalue weighted by molar-refractivity contribution is -0.120. The van der Waals surface area contributed by atoms with Crippen molar-refractivity contribution in [1.29, 1.82) is 5.26 Å². The number of halogens is 1. The van der Waals surface area contributed by atoms with Gasteiger partial charge < -0.3 is 0 Å². The van der Waals surface area contributed by atoms with Crippen LogP contribution in [0.2, 0.25) is 0 Å². The van der Waals surface area contributed by atoms with E-state index in [1.165, 1.54) is 0 Å². The summed E-state index contributed by atoms with van der Waals surface area (Å²) in [5, 5.41) is 9.30. The number of aromatic nitrogens is 1. The van der Waals surface area contributed by atoms with Crippen molar-refractivity contribution in [2.45, 2.75) is 18.3 Å². The third-order valence-electron chi connectivity index (χ3n) is 3.85. The Kier molecular flexibility index (Phi) is 3.85. The second kappa shape index (κ2) is 5.79. The van der Waals surface area contributed by atoms with Gasteiger partial charge in [0.25, 0.3) is 0 Å². The van der Waals surface area contributed by atoms with Crippen LogP contribution in [0, 0.1) is 17.2 Å². The van der Waals surface area contributed by atoms with Crippen molar-refractivity contribution in [2.24, 2.45) is 5.92 Å². The van der Waals surface area contributed by atoms with Gasteiger partial charge in [-0.1, -0.05) is 34.1 Å². The van der Waals surface area contributed by atoms with Gasteiger partial charge in [0.1, 0.15) is 5.92 Å². The molecular weight excluding hydrogens is 328 g/mol. The van der Waals surface area contributed by atoms with Crippen LogP contribution in [0.5, 0.6) is 0 Å². The third-order valence-corrected chi connectivity index (χ3v) is 4.38. The number of Topliss-reactive ketones (excluding diaryl/α,β-unsaturated/α-hetero) is 1. The molecule has 104 valence electrons. The van der Waals surface area contributed by atoms with Crippen LogP contribution in [-0.4, -0.2) is 10.8 Å². The summed E-state index contributed by atoms with van der Waals surface area (Å²) in [4.78, 5) is 16.7. The number of rotatable bonds is 4. The van der Waals surface area contributed by atoms with Gasteiger partial charge in [-0.15, -0.1) is 0 Å². The highest BCUT2D eigenvalue weighted by atomic mass is 79.9. The lowest BCUT2D eigenvalue weighted by atomic mass is 9.95. The average molecular weight is 341 g/mol. The van der Waals surface area contributed by atoms with Crippen LogP contribution in [0.1, 0.15) is 29.5 Å². The summed E-state index contributed by atoms with van der Waals surface area (Å²) in [7, 11) is 0. The van der Waals surface area contributed by atoms with Crippen molar-refractivity contribution in [2.75, 3.05) is 0 Å². The minimum atomic E-state index is -0.753. The number of carbonyl (C=O) groups is 1. The van der Waals surface area contributed by atoms with E-state index >= 15 is 0 Å². The zero-order chi connectivity index (χ0) is 14.8. The second-order valence-corrected chi connectivity index (χ2v) is 6.13. The Morgan fingerprint density at radius 3 is 2.67 bits per heavy atom. The number of carbonyl (C=O) groups excluding carboxylic acids is 1. The summed E-state index contributed by atoms with van der Waals surface area (Å²) < 4.78 is 1.03. The van der Waals surface area contributed by atoms with Crippen molar-refractivity contribution in [3.8, 4) is 6.07 Å². The second-order valence-electron chi connectivity index (χ2n) is 5.22. The molecule has 1 aromatic heterocycles. The molecule has 1 saturated carbocycles. The highest BCUT2D eigenvalue weighted by Gasteiger charge is 2.46. The Hall–Kier alpha value is -1.99. The molecule has 0 aliphatic heterocycles. The fourth-order valence-corrected chi connectivity index (χ4v) is 2.89. The molecule has 1 aromatic carbocycles. The van der Waals surface area contributed by atoms with E-state index in [9.17, 15) is 10.1 Å². The predicted molar refractivity (Wildman–Crippen MR) is 82.6 cm³/mol. The molecule has 0 bridgehead atoms.